The third-order valence-corrected chi connectivity index (χ3v) is 5.54. The Balaban J connectivity index is 1.56. The van der Waals surface area contributed by atoms with E-state index in [9.17, 15) is 14.4 Å². The molecule has 2 N–H and O–H groups in total. The largest absolute Gasteiger partial charge is 0.496 e. The number of hydrogen-bond donors (Lipinski definition) is 2. The van der Waals surface area contributed by atoms with Crippen molar-refractivity contribution in [1.82, 2.24) is 15.2 Å². The predicted octanol–water partition coefficient (Wildman–Crippen LogP) is 2.50. The summed E-state index contributed by atoms with van der Waals surface area (Å²) >= 11 is 1.36. The van der Waals surface area contributed by atoms with E-state index in [2.05, 4.69) is 15.6 Å². The summed E-state index contributed by atoms with van der Waals surface area (Å²) in [7, 11) is 2.77. The van der Waals surface area contributed by atoms with Crippen molar-refractivity contribution < 1.29 is 23.9 Å². The summed E-state index contributed by atoms with van der Waals surface area (Å²) in [5.41, 5.74) is 1.03. The van der Waals surface area contributed by atoms with Crippen LogP contribution in [-0.2, 0) is 16.1 Å². The second-order valence-corrected chi connectivity index (χ2v) is 7.69. The maximum absolute atomic E-state index is 12.6. The van der Waals surface area contributed by atoms with Gasteiger partial charge >= 0.3 is 12.0 Å². The number of carbonyl (C=O) groups is 3. The molecular formula is C20H24N4O5S. The standard InChI is InChI=1S/C20H24N4O5S/c1-28-16-6-5-13(10-15(16)18(26)29-2)11-22-20(27)24-8-3-4-14(12-24)17(25)23-19-21-7-9-30-19/h5-7,9-10,14H,3-4,8,11-12H2,1-2H3,(H,22,27)(H,21,23,25). The zero-order chi connectivity index (χ0) is 21.5. The molecule has 2 aromatic rings. The monoisotopic (exact) mass is 432 g/mol. The van der Waals surface area contributed by atoms with Gasteiger partial charge < -0.3 is 25.0 Å². The van der Waals surface area contributed by atoms with Gasteiger partial charge in [-0.15, -0.1) is 11.3 Å². The van der Waals surface area contributed by atoms with Gasteiger partial charge in [-0.2, -0.15) is 0 Å². The molecule has 1 aromatic carbocycles. The third-order valence-electron chi connectivity index (χ3n) is 4.85. The second kappa shape index (κ2) is 10.1. The van der Waals surface area contributed by atoms with Gasteiger partial charge in [0.05, 0.1) is 20.1 Å². The summed E-state index contributed by atoms with van der Waals surface area (Å²) in [6.07, 6.45) is 3.10. The number of esters is 1. The van der Waals surface area contributed by atoms with E-state index in [1.165, 1.54) is 25.6 Å². The first-order valence-electron chi connectivity index (χ1n) is 9.50. The van der Waals surface area contributed by atoms with Gasteiger partial charge in [-0.1, -0.05) is 6.07 Å². The molecule has 10 heteroatoms. The number of piperidine rings is 1. The van der Waals surface area contributed by atoms with Crippen molar-refractivity contribution in [3.8, 4) is 5.75 Å². The van der Waals surface area contributed by atoms with Crippen LogP contribution in [0.2, 0.25) is 0 Å². The van der Waals surface area contributed by atoms with Gasteiger partial charge in [0.15, 0.2) is 5.13 Å². The molecular weight excluding hydrogens is 408 g/mol. The van der Waals surface area contributed by atoms with Crippen molar-refractivity contribution in [3.63, 3.8) is 0 Å². The first-order chi connectivity index (χ1) is 14.5. The van der Waals surface area contributed by atoms with Crippen LogP contribution < -0.4 is 15.4 Å². The lowest BCUT2D eigenvalue weighted by Crippen LogP contribution is -2.47. The molecule has 9 nitrogen and oxygen atoms in total. The SMILES string of the molecule is COC(=O)c1cc(CNC(=O)N2CCCC(C(=O)Nc3nccs3)C2)ccc1OC. The van der Waals surface area contributed by atoms with E-state index in [1.54, 1.807) is 34.7 Å². The molecule has 1 aliphatic heterocycles. The van der Waals surface area contributed by atoms with Crippen molar-refractivity contribution in [2.24, 2.45) is 5.92 Å². The third kappa shape index (κ3) is 5.26. The molecule has 2 heterocycles. The fraction of sp³-hybridized carbons (Fsp3) is 0.400. The van der Waals surface area contributed by atoms with E-state index in [-0.39, 0.29) is 24.4 Å². The highest BCUT2D eigenvalue weighted by molar-refractivity contribution is 7.13. The van der Waals surface area contributed by atoms with Crippen LogP contribution in [0.5, 0.6) is 5.75 Å². The Morgan fingerprint density at radius 1 is 1.30 bits per heavy atom. The molecule has 3 amide bonds. The van der Waals surface area contributed by atoms with E-state index >= 15 is 0 Å². The van der Waals surface area contributed by atoms with Crippen LogP contribution >= 0.6 is 11.3 Å². The lowest BCUT2D eigenvalue weighted by molar-refractivity contribution is -0.121. The van der Waals surface area contributed by atoms with E-state index in [0.29, 0.717) is 29.5 Å². The lowest BCUT2D eigenvalue weighted by atomic mass is 9.97. The number of nitrogens with one attached hydrogen (secondary N) is 2. The molecule has 0 radical (unpaired) electrons. The number of ether oxygens (including phenoxy) is 2. The Labute approximate surface area is 178 Å². The van der Waals surface area contributed by atoms with Crippen LogP contribution in [0.4, 0.5) is 9.93 Å². The van der Waals surface area contributed by atoms with Gasteiger partial charge in [0.25, 0.3) is 0 Å². The Kier molecular flexibility index (Phi) is 7.23. The number of rotatable bonds is 6. The summed E-state index contributed by atoms with van der Waals surface area (Å²) in [6, 6.07) is 4.81. The van der Waals surface area contributed by atoms with Crippen LogP contribution in [0.1, 0.15) is 28.8 Å². The molecule has 0 saturated carbocycles. The highest BCUT2D eigenvalue weighted by Crippen LogP contribution is 2.22. The zero-order valence-electron chi connectivity index (χ0n) is 16.8. The van der Waals surface area contributed by atoms with Gasteiger partial charge in [0.2, 0.25) is 5.91 Å². The summed E-state index contributed by atoms with van der Waals surface area (Å²) in [4.78, 5) is 42.7. The van der Waals surface area contributed by atoms with Crippen molar-refractivity contribution in [2.75, 3.05) is 32.6 Å². The van der Waals surface area contributed by atoms with Crippen molar-refractivity contribution in [1.29, 1.82) is 0 Å². The minimum atomic E-state index is -0.509. The molecule has 30 heavy (non-hydrogen) atoms. The molecule has 0 bridgehead atoms. The number of carbonyl (C=O) groups excluding carboxylic acids is 3. The topological polar surface area (TPSA) is 110 Å². The molecule has 3 rings (SSSR count). The van der Waals surface area contributed by atoms with Crippen LogP contribution in [0.15, 0.2) is 29.8 Å². The van der Waals surface area contributed by atoms with E-state index < -0.39 is 5.97 Å². The maximum Gasteiger partial charge on any atom is 0.341 e. The predicted molar refractivity (Wildman–Crippen MR) is 112 cm³/mol. The Hall–Kier alpha value is -3.14. The van der Waals surface area contributed by atoms with Gasteiger partial charge in [0, 0.05) is 31.2 Å². The molecule has 1 unspecified atom stereocenters. The van der Waals surface area contributed by atoms with Crippen molar-refractivity contribution in [3.05, 3.63) is 40.9 Å². The molecule has 1 fully saturated rings. The number of urea groups is 1. The van der Waals surface area contributed by atoms with Crippen LogP contribution in [0.3, 0.4) is 0 Å². The first-order valence-corrected chi connectivity index (χ1v) is 10.4. The van der Waals surface area contributed by atoms with Crippen LogP contribution in [0, 0.1) is 5.92 Å². The Bertz CT molecular complexity index is 903. The van der Waals surface area contributed by atoms with Gasteiger partial charge in [0.1, 0.15) is 11.3 Å². The first kappa shape index (κ1) is 21.6. The van der Waals surface area contributed by atoms with Crippen molar-refractivity contribution >= 4 is 34.4 Å². The number of likely N-dealkylation sites (tertiary alicyclic amines) is 1. The summed E-state index contributed by atoms with van der Waals surface area (Å²) < 4.78 is 9.95. The maximum atomic E-state index is 12.6. The molecule has 1 saturated heterocycles. The Morgan fingerprint density at radius 2 is 2.13 bits per heavy atom. The van der Waals surface area contributed by atoms with E-state index in [4.69, 9.17) is 9.47 Å². The second-order valence-electron chi connectivity index (χ2n) is 6.80. The van der Waals surface area contributed by atoms with E-state index in [0.717, 1.165) is 18.4 Å². The molecule has 0 aliphatic carbocycles. The van der Waals surface area contributed by atoms with Gasteiger partial charge in [-0.25, -0.2) is 14.6 Å². The normalized spacial score (nSPS) is 15.9. The summed E-state index contributed by atoms with van der Waals surface area (Å²) in [6.45, 7) is 1.17. The minimum absolute atomic E-state index is 0.125. The number of amides is 3. The lowest BCUT2D eigenvalue weighted by Gasteiger charge is -2.32. The number of anilines is 1. The minimum Gasteiger partial charge on any atom is -0.496 e. The van der Waals surface area contributed by atoms with Gasteiger partial charge in [-0.3, -0.25) is 4.79 Å². The number of aromatic nitrogens is 1. The van der Waals surface area contributed by atoms with Crippen molar-refractivity contribution in [2.45, 2.75) is 19.4 Å². The molecule has 160 valence electrons. The highest BCUT2D eigenvalue weighted by Gasteiger charge is 2.28. The number of hydrogen-bond acceptors (Lipinski definition) is 7. The fourth-order valence-electron chi connectivity index (χ4n) is 3.29. The zero-order valence-corrected chi connectivity index (χ0v) is 17.7. The van der Waals surface area contributed by atoms with Crippen LogP contribution in [-0.4, -0.2) is 55.1 Å². The number of thiazole rings is 1. The molecule has 1 aromatic heterocycles. The average molecular weight is 433 g/mol. The number of benzene rings is 1. The Morgan fingerprint density at radius 3 is 2.83 bits per heavy atom. The smallest absolute Gasteiger partial charge is 0.341 e. The number of nitrogens with zero attached hydrogens (tertiary/aromatic N) is 2. The van der Waals surface area contributed by atoms with E-state index in [1.807, 2.05) is 0 Å². The average Bonchev–Trinajstić information content (AvgIpc) is 3.29. The van der Waals surface area contributed by atoms with Crippen LogP contribution in [0.25, 0.3) is 0 Å². The number of methoxy groups -OCH3 is 2. The molecule has 1 atom stereocenters. The quantitative estimate of drug-likeness (QED) is 0.679. The summed E-state index contributed by atoms with van der Waals surface area (Å²) in [5.74, 6) is -0.507. The molecule has 1 aliphatic rings. The molecule has 0 spiro atoms. The summed E-state index contributed by atoms with van der Waals surface area (Å²) in [5, 5.41) is 7.99. The highest BCUT2D eigenvalue weighted by atomic mass is 32.1. The van der Waals surface area contributed by atoms with Gasteiger partial charge in [-0.05, 0) is 30.5 Å². The fourth-order valence-corrected chi connectivity index (χ4v) is 3.82.